The Kier molecular flexibility index (Phi) is 4.22. The SMILES string of the molecule is CC1CCCC(Sc2c(N)cnc3ccc(Br)cc23)C1. The maximum Gasteiger partial charge on any atom is 0.0715 e. The molecular formula is C16H19BrN2S. The number of benzene rings is 1. The Labute approximate surface area is 132 Å². The molecule has 0 amide bonds. The lowest BCUT2D eigenvalue weighted by atomic mass is 9.91. The summed E-state index contributed by atoms with van der Waals surface area (Å²) in [7, 11) is 0. The number of anilines is 1. The van der Waals surface area contributed by atoms with Gasteiger partial charge in [-0.1, -0.05) is 35.7 Å². The van der Waals surface area contributed by atoms with Crippen LogP contribution in [0.3, 0.4) is 0 Å². The third kappa shape index (κ3) is 2.96. The van der Waals surface area contributed by atoms with Gasteiger partial charge in [0.15, 0.2) is 0 Å². The summed E-state index contributed by atoms with van der Waals surface area (Å²) in [5.41, 5.74) is 8.02. The van der Waals surface area contributed by atoms with E-state index in [0.717, 1.165) is 21.6 Å². The van der Waals surface area contributed by atoms with Gasteiger partial charge in [0.1, 0.15) is 0 Å². The van der Waals surface area contributed by atoms with Crippen LogP contribution in [0.4, 0.5) is 5.69 Å². The Hall–Kier alpha value is -0.740. The number of nitrogen functional groups attached to an aromatic ring is 1. The average molecular weight is 351 g/mol. The maximum absolute atomic E-state index is 6.19. The zero-order valence-electron chi connectivity index (χ0n) is 11.6. The van der Waals surface area contributed by atoms with Crippen LogP contribution in [0.5, 0.6) is 0 Å². The molecule has 1 aliphatic carbocycles. The van der Waals surface area contributed by atoms with E-state index >= 15 is 0 Å². The van der Waals surface area contributed by atoms with Crippen molar-refractivity contribution in [3.05, 3.63) is 28.9 Å². The molecule has 2 atom stereocenters. The molecule has 1 heterocycles. The van der Waals surface area contributed by atoms with Crippen LogP contribution < -0.4 is 5.73 Å². The van der Waals surface area contributed by atoms with Crippen molar-refractivity contribution >= 4 is 44.3 Å². The minimum atomic E-state index is 0.686. The van der Waals surface area contributed by atoms with Crippen LogP contribution >= 0.6 is 27.7 Å². The number of fused-ring (bicyclic) bond motifs is 1. The summed E-state index contributed by atoms with van der Waals surface area (Å²) >= 11 is 5.50. The van der Waals surface area contributed by atoms with Crippen LogP contribution in [0.15, 0.2) is 33.8 Å². The van der Waals surface area contributed by atoms with Crippen LogP contribution in [0.25, 0.3) is 10.9 Å². The lowest BCUT2D eigenvalue weighted by Crippen LogP contribution is -2.15. The standard InChI is InChI=1S/C16H19BrN2S/c1-10-3-2-4-12(7-10)20-16-13-8-11(17)5-6-15(13)19-9-14(16)18/h5-6,8-10,12H,2-4,7,18H2,1H3. The van der Waals surface area contributed by atoms with Crippen molar-refractivity contribution in [1.82, 2.24) is 4.98 Å². The Bertz CT molecular complexity index is 624. The second kappa shape index (κ2) is 5.94. The highest BCUT2D eigenvalue weighted by Gasteiger charge is 2.21. The van der Waals surface area contributed by atoms with Gasteiger partial charge in [-0.3, -0.25) is 4.98 Å². The average Bonchev–Trinajstić information content (AvgIpc) is 2.42. The largest absolute Gasteiger partial charge is 0.397 e. The smallest absolute Gasteiger partial charge is 0.0715 e. The molecule has 106 valence electrons. The molecule has 2 N–H and O–H groups in total. The molecule has 0 radical (unpaired) electrons. The van der Waals surface area contributed by atoms with E-state index in [2.05, 4.69) is 33.9 Å². The molecule has 0 spiro atoms. The number of hydrogen-bond donors (Lipinski definition) is 1. The van der Waals surface area contributed by atoms with Gasteiger partial charge in [-0.05, 0) is 37.0 Å². The molecule has 1 saturated carbocycles. The van der Waals surface area contributed by atoms with Gasteiger partial charge in [0.25, 0.3) is 0 Å². The third-order valence-corrected chi connectivity index (χ3v) is 5.93. The first-order valence-corrected chi connectivity index (χ1v) is 8.81. The lowest BCUT2D eigenvalue weighted by Gasteiger charge is -2.26. The zero-order chi connectivity index (χ0) is 14.1. The van der Waals surface area contributed by atoms with Gasteiger partial charge >= 0.3 is 0 Å². The van der Waals surface area contributed by atoms with E-state index in [9.17, 15) is 0 Å². The monoisotopic (exact) mass is 350 g/mol. The number of hydrogen-bond acceptors (Lipinski definition) is 3. The van der Waals surface area contributed by atoms with E-state index in [4.69, 9.17) is 5.73 Å². The Morgan fingerprint density at radius 3 is 3.00 bits per heavy atom. The summed E-state index contributed by atoms with van der Waals surface area (Å²) in [4.78, 5) is 5.64. The van der Waals surface area contributed by atoms with Gasteiger partial charge < -0.3 is 5.73 Å². The van der Waals surface area contributed by atoms with E-state index < -0.39 is 0 Å². The summed E-state index contributed by atoms with van der Waals surface area (Å²) in [5, 5.41) is 1.85. The normalized spacial score (nSPS) is 23.1. The minimum absolute atomic E-state index is 0.686. The summed E-state index contributed by atoms with van der Waals surface area (Å²) in [6, 6.07) is 6.21. The Morgan fingerprint density at radius 1 is 1.35 bits per heavy atom. The molecule has 2 aromatic rings. The molecule has 4 heteroatoms. The van der Waals surface area contributed by atoms with E-state index in [1.165, 1.54) is 36.0 Å². The van der Waals surface area contributed by atoms with Crippen molar-refractivity contribution in [2.24, 2.45) is 5.92 Å². The highest BCUT2D eigenvalue weighted by atomic mass is 79.9. The van der Waals surface area contributed by atoms with Crippen molar-refractivity contribution in [3.63, 3.8) is 0 Å². The molecular weight excluding hydrogens is 332 g/mol. The van der Waals surface area contributed by atoms with Gasteiger partial charge in [0.05, 0.1) is 17.4 Å². The number of pyridine rings is 1. The van der Waals surface area contributed by atoms with Crippen LogP contribution in [0.1, 0.15) is 32.6 Å². The van der Waals surface area contributed by atoms with E-state index in [1.54, 1.807) is 6.20 Å². The van der Waals surface area contributed by atoms with Gasteiger partial charge in [-0.25, -0.2) is 0 Å². The van der Waals surface area contributed by atoms with Gasteiger partial charge in [-0.15, -0.1) is 11.8 Å². The first-order valence-electron chi connectivity index (χ1n) is 7.14. The number of aromatic nitrogens is 1. The lowest BCUT2D eigenvalue weighted by molar-refractivity contribution is 0.394. The molecule has 1 aromatic carbocycles. The minimum Gasteiger partial charge on any atom is -0.397 e. The molecule has 1 aromatic heterocycles. The highest BCUT2D eigenvalue weighted by molar-refractivity contribution is 9.10. The van der Waals surface area contributed by atoms with Crippen molar-refractivity contribution in [3.8, 4) is 0 Å². The summed E-state index contributed by atoms with van der Waals surface area (Å²) in [6.07, 6.45) is 7.10. The van der Waals surface area contributed by atoms with E-state index in [-0.39, 0.29) is 0 Å². The fourth-order valence-corrected chi connectivity index (χ4v) is 4.82. The second-order valence-corrected chi connectivity index (χ2v) is 7.94. The number of thioether (sulfide) groups is 1. The second-order valence-electron chi connectivity index (χ2n) is 5.72. The van der Waals surface area contributed by atoms with Gasteiger partial charge in [-0.2, -0.15) is 0 Å². The fraction of sp³-hybridized carbons (Fsp3) is 0.438. The number of halogens is 1. The topological polar surface area (TPSA) is 38.9 Å². The van der Waals surface area contributed by atoms with Crippen molar-refractivity contribution < 1.29 is 0 Å². The van der Waals surface area contributed by atoms with Crippen LogP contribution in [-0.2, 0) is 0 Å². The van der Waals surface area contributed by atoms with Crippen LogP contribution in [0.2, 0.25) is 0 Å². The van der Waals surface area contributed by atoms with Gasteiger partial charge in [0, 0.05) is 20.0 Å². The first kappa shape index (κ1) is 14.2. The molecule has 20 heavy (non-hydrogen) atoms. The quantitative estimate of drug-likeness (QED) is 0.803. The van der Waals surface area contributed by atoms with E-state index in [0.29, 0.717) is 5.25 Å². The molecule has 0 saturated heterocycles. The summed E-state index contributed by atoms with van der Waals surface area (Å²) in [5.74, 6) is 0.835. The number of nitrogens with two attached hydrogens (primary N) is 1. The van der Waals surface area contributed by atoms with E-state index in [1.807, 2.05) is 23.9 Å². The molecule has 2 unspecified atom stereocenters. The zero-order valence-corrected chi connectivity index (χ0v) is 14.0. The van der Waals surface area contributed by atoms with Crippen LogP contribution in [0, 0.1) is 5.92 Å². The molecule has 2 nitrogen and oxygen atoms in total. The Balaban J connectivity index is 1.97. The summed E-state index contributed by atoms with van der Waals surface area (Å²) in [6.45, 7) is 2.36. The van der Waals surface area contributed by atoms with Crippen molar-refractivity contribution in [1.29, 1.82) is 0 Å². The molecule has 1 fully saturated rings. The molecule has 1 aliphatic rings. The molecule has 0 bridgehead atoms. The number of rotatable bonds is 2. The number of nitrogens with zero attached hydrogens (tertiary/aromatic N) is 1. The van der Waals surface area contributed by atoms with Crippen molar-refractivity contribution in [2.45, 2.75) is 42.8 Å². The summed E-state index contributed by atoms with van der Waals surface area (Å²) < 4.78 is 1.08. The third-order valence-electron chi connectivity index (χ3n) is 3.98. The molecule has 0 aliphatic heterocycles. The molecule has 3 rings (SSSR count). The maximum atomic E-state index is 6.19. The highest BCUT2D eigenvalue weighted by Crippen LogP contribution is 2.41. The Morgan fingerprint density at radius 2 is 2.20 bits per heavy atom. The van der Waals surface area contributed by atoms with Gasteiger partial charge in [0.2, 0.25) is 0 Å². The first-order chi connectivity index (χ1) is 9.63. The van der Waals surface area contributed by atoms with Crippen molar-refractivity contribution in [2.75, 3.05) is 5.73 Å². The van der Waals surface area contributed by atoms with Crippen LogP contribution in [-0.4, -0.2) is 10.2 Å². The fourth-order valence-electron chi connectivity index (χ4n) is 2.94. The predicted octanol–water partition coefficient (Wildman–Crippen LogP) is 5.25. The predicted molar refractivity (Wildman–Crippen MR) is 91.1 cm³/mol.